The smallest absolute Gasteiger partial charge is 0.264 e. The topological polar surface area (TPSA) is 86.8 Å². The minimum absolute atomic E-state index is 0.0436. The van der Waals surface area contributed by atoms with Crippen LogP contribution in [0, 0.1) is 6.92 Å². The fourth-order valence-corrected chi connectivity index (χ4v) is 6.88. The van der Waals surface area contributed by atoms with Crippen LogP contribution in [-0.2, 0) is 26.2 Å². The molecule has 41 heavy (non-hydrogen) atoms. The number of aryl methyl sites for hydroxylation is 1. The highest BCUT2D eigenvalue weighted by molar-refractivity contribution is 7.92. The standard InChI is InChI=1S/C31H35Cl2N3O4S/c1-22-11-9-10-16-29(22)36(41(39,40)26-14-7-4-8-15-26)21-30(37)35(20-24-17-18-27(32)28(33)19-24)23(2)31(38)34-25-12-5-3-6-13-25/h4,7-11,14-19,23,25H,3,5-6,12-13,20-21H2,1-2H3,(H,34,38)/t23-/m0/s1. The van der Waals surface area contributed by atoms with Gasteiger partial charge in [0.25, 0.3) is 10.0 Å². The Morgan fingerprint density at radius 1 is 0.927 bits per heavy atom. The summed E-state index contributed by atoms with van der Waals surface area (Å²) in [6.45, 7) is 3.00. The van der Waals surface area contributed by atoms with Gasteiger partial charge in [-0.3, -0.25) is 13.9 Å². The van der Waals surface area contributed by atoms with Crippen LogP contribution >= 0.6 is 23.2 Å². The lowest BCUT2D eigenvalue weighted by Crippen LogP contribution is -2.53. The largest absolute Gasteiger partial charge is 0.352 e. The van der Waals surface area contributed by atoms with Crippen molar-refractivity contribution in [2.75, 3.05) is 10.8 Å². The zero-order chi connectivity index (χ0) is 29.6. The fraction of sp³-hybridized carbons (Fsp3) is 0.355. The van der Waals surface area contributed by atoms with Crippen molar-refractivity contribution in [1.82, 2.24) is 10.2 Å². The van der Waals surface area contributed by atoms with E-state index in [0.717, 1.165) is 36.4 Å². The summed E-state index contributed by atoms with van der Waals surface area (Å²) in [7, 11) is -4.11. The summed E-state index contributed by atoms with van der Waals surface area (Å²) < 4.78 is 28.9. The van der Waals surface area contributed by atoms with Gasteiger partial charge in [0.2, 0.25) is 11.8 Å². The van der Waals surface area contributed by atoms with Crippen LogP contribution in [0.5, 0.6) is 0 Å². The van der Waals surface area contributed by atoms with Crippen molar-refractivity contribution in [3.63, 3.8) is 0 Å². The van der Waals surface area contributed by atoms with Gasteiger partial charge in [-0.25, -0.2) is 8.42 Å². The van der Waals surface area contributed by atoms with Gasteiger partial charge in [0, 0.05) is 12.6 Å². The van der Waals surface area contributed by atoms with Gasteiger partial charge in [0.1, 0.15) is 12.6 Å². The molecule has 1 aliphatic rings. The van der Waals surface area contributed by atoms with E-state index in [0.29, 0.717) is 26.9 Å². The molecule has 0 bridgehead atoms. The van der Waals surface area contributed by atoms with Crippen molar-refractivity contribution in [3.05, 3.63) is 94.0 Å². The number of para-hydroxylation sites is 1. The first kappa shape index (κ1) is 30.9. The van der Waals surface area contributed by atoms with E-state index < -0.39 is 28.5 Å². The van der Waals surface area contributed by atoms with E-state index in [-0.39, 0.29) is 23.4 Å². The van der Waals surface area contributed by atoms with Gasteiger partial charge in [-0.2, -0.15) is 0 Å². The number of halogens is 2. The molecule has 0 spiro atoms. The van der Waals surface area contributed by atoms with Crippen LogP contribution in [0.2, 0.25) is 10.0 Å². The molecule has 4 rings (SSSR count). The minimum Gasteiger partial charge on any atom is -0.352 e. The number of carbonyl (C=O) groups is 2. The van der Waals surface area contributed by atoms with Crippen LogP contribution in [0.1, 0.15) is 50.2 Å². The Balaban J connectivity index is 1.69. The number of hydrogen-bond acceptors (Lipinski definition) is 4. The Hall–Kier alpha value is -3.07. The van der Waals surface area contributed by atoms with E-state index in [4.69, 9.17) is 23.2 Å². The lowest BCUT2D eigenvalue weighted by Gasteiger charge is -2.33. The Labute approximate surface area is 252 Å². The average molecular weight is 617 g/mol. The second-order valence-electron chi connectivity index (χ2n) is 10.4. The molecule has 3 aromatic rings. The Bertz CT molecular complexity index is 1480. The van der Waals surface area contributed by atoms with E-state index in [1.54, 1.807) is 68.4 Å². The minimum atomic E-state index is -4.11. The van der Waals surface area contributed by atoms with Crippen molar-refractivity contribution in [2.45, 2.75) is 69.5 Å². The molecule has 218 valence electrons. The van der Waals surface area contributed by atoms with Gasteiger partial charge in [-0.05, 0) is 68.1 Å². The highest BCUT2D eigenvalue weighted by atomic mass is 35.5. The molecular weight excluding hydrogens is 581 g/mol. The summed E-state index contributed by atoms with van der Waals surface area (Å²) in [5.41, 5.74) is 1.75. The molecule has 0 aromatic heterocycles. The first-order chi connectivity index (χ1) is 19.6. The molecular formula is C31H35Cl2N3O4S. The second-order valence-corrected chi connectivity index (χ2v) is 13.1. The monoisotopic (exact) mass is 615 g/mol. The first-order valence-corrected chi connectivity index (χ1v) is 15.9. The number of sulfonamides is 1. The van der Waals surface area contributed by atoms with Gasteiger partial charge in [0.15, 0.2) is 0 Å². The van der Waals surface area contributed by atoms with Crippen molar-refractivity contribution in [1.29, 1.82) is 0 Å². The molecule has 3 aromatic carbocycles. The summed E-state index contributed by atoms with van der Waals surface area (Å²) in [5, 5.41) is 3.79. The quantitative estimate of drug-likeness (QED) is 0.287. The highest BCUT2D eigenvalue weighted by Crippen LogP contribution is 2.28. The van der Waals surface area contributed by atoms with E-state index in [1.807, 2.05) is 6.07 Å². The maximum Gasteiger partial charge on any atom is 0.264 e. The van der Waals surface area contributed by atoms with E-state index in [1.165, 1.54) is 17.0 Å². The third kappa shape index (κ3) is 7.61. The van der Waals surface area contributed by atoms with Gasteiger partial charge in [-0.1, -0.05) is 84.9 Å². The maximum absolute atomic E-state index is 14.1. The molecule has 10 heteroatoms. The summed E-state index contributed by atoms with van der Waals surface area (Å²) in [4.78, 5) is 29.0. The SMILES string of the molecule is Cc1ccccc1N(CC(=O)N(Cc1ccc(Cl)c(Cl)c1)[C@@H](C)C(=O)NC1CCCCC1)S(=O)(=O)c1ccccc1. The molecule has 0 unspecified atom stereocenters. The van der Waals surface area contributed by atoms with Crippen LogP contribution in [-0.4, -0.2) is 43.8 Å². The average Bonchev–Trinajstić information content (AvgIpc) is 2.97. The van der Waals surface area contributed by atoms with E-state index in [2.05, 4.69) is 5.32 Å². The number of nitrogens with zero attached hydrogens (tertiary/aromatic N) is 2. The van der Waals surface area contributed by atoms with Crippen LogP contribution in [0.4, 0.5) is 5.69 Å². The predicted octanol–water partition coefficient (Wildman–Crippen LogP) is 6.36. The number of anilines is 1. The molecule has 1 N–H and O–H groups in total. The third-order valence-electron chi connectivity index (χ3n) is 7.45. The van der Waals surface area contributed by atoms with E-state index >= 15 is 0 Å². The molecule has 2 amide bonds. The van der Waals surface area contributed by atoms with Crippen molar-refractivity contribution in [2.24, 2.45) is 0 Å². The zero-order valence-electron chi connectivity index (χ0n) is 23.2. The van der Waals surface area contributed by atoms with Gasteiger partial charge >= 0.3 is 0 Å². The van der Waals surface area contributed by atoms with Crippen molar-refractivity contribution in [3.8, 4) is 0 Å². The maximum atomic E-state index is 14.1. The van der Waals surface area contributed by atoms with Gasteiger partial charge in [-0.15, -0.1) is 0 Å². The first-order valence-electron chi connectivity index (χ1n) is 13.7. The predicted molar refractivity (Wildman–Crippen MR) is 164 cm³/mol. The molecule has 0 heterocycles. The number of rotatable bonds is 10. The Morgan fingerprint density at radius 3 is 2.24 bits per heavy atom. The fourth-order valence-electron chi connectivity index (χ4n) is 5.06. The van der Waals surface area contributed by atoms with Crippen LogP contribution in [0.25, 0.3) is 0 Å². The zero-order valence-corrected chi connectivity index (χ0v) is 25.6. The number of benzene rings is 3. The lowest BCUT2D eigenvalue weighted by atomic mass is 9.95. The Morgan fingerprint density at radius 2 is 1.59 bits per heavy atom. The molecule has 7 nitrogen and oxygen atoms in total. The van der Waals surface area contributed by atoms with Crippen LogP contribution in [0.3, 0.4) is 0 Å². The van der Waals surface area contributed by atoms with Crippen molar-refractivity contribution < 1.29 is 18.0 Å². The third-order valence-corrected chi connectivity index (χ3v) is 9.96. The van der Waals surface area contributed by atoms with Gasteiger partial charge in [0.05, 0.1) is 20.6 Å². The summed E-state index contributed by atoms with van der Waals surface area (Å²) in [5.74, 6) is -0.802. The number of carbonyl (C=O) groups excluding carboxylic acids is 2. The number of amides is 2. The van der Waals surface area contributed by atoms with Crippen LogP contribution < -0.4 is 9.62 Å². The van der Waals surface area contributed by atoms with Gasteiger partial charge < -0.3 is 10.2 Å². The summed E-state index contributed by atoms with van der Waals surface area (Å²) >= 11 is 12.4. The molecule has 1 saturated carbocycles. The van der Waals surface area contributed by atoms with Crippen LogP contribution in [0.15, 0.2) is 77.7 Å². The Kier molecular flexibility index (Phi) is 10.3. The number of hydrogen-bond donors (Lipinski definition) is 1. The molecule has 1 aliphatic carbocycles. The normalized spacial score (nSPS) is 14.7. The molecule has 1 fully saturated rings. The highest BCUT2D eigenvalue weighted by Gasteiger charge is 2.33. The molecule has 0 radical (unpaired) electrons. The number of nitrogens with one attached hydrogen (secondary N) is 1. The van der Waals surface area contributed by atoms with E-state index in [9.17, 15) is 18.0 Å². The molecule has 0 aliphatic heterocycles. The summed E-state index contributed by atoms with van der Waals surface area (Å²) in [6.07, 6.45) is 5.04. The van der Waals surface area contributed by atoms with Crippen molar-refractivity contribution >= 4 is 50.7 Å². The second kappa shape index (κ2) is 13.7. The summed E-state index contributed by atoms with van der Waals surface area (Å²) in [6, 6.07) is 19.2. The molecule has 1 atom stereocenters. The molecule has 0 saturated heterocycles. The lowest BCUT2D eigenvalue weighted by molar-refractivity contribution is -0.139.